The number of halogens is 1. The smallest absolute Gasteiger partial charge is 0.243 e. The summed E-state index contributed by atoms with van der Waals surface area (Å²) in [4.78, 5) is 29.5. The van der Waals surface area contributed by atoms with Gasteiger partial charge in [-0.25, -0.2) is 8.42 Å². The van der Waals surface area contributed by atoms with Gasteiger partial charge in [-0.05, 0) is 66.8 Å². The Hall–Kier alpha value is -3.37. The van der Waals surface area contributed by atoms with Crippen molar-refractivity contribution in [1.82, 2.24) is 10.2 Å². The number of sulfonamides is 1. The first-order valence-electron chi connectivity index (χ1n) is 14.6. The van der Waals surface area contributed by atoms with Crippen molar-refractivity contribution < 1.29 is 22.7 Å². The Labute approximate surface area is 263 Å². The minimum atomic E-state index is -3.59. The second-order valence-electron chi connectivity index (χ2n) is 11.0. The number of carbonyl (C=O) groups excluding carboxylic acids is 2. The van der Waals surface area contributed by atoms with Gasteiger partial charge in [-0.1, -0.05) is 71.2 Å². The zero-order chi connectivity index (χ0) is 30.8. The number of amides is 2. The summed E-state index contributed by atoms with van der Waals surface area (Å²) in [7, 11) is -2.04. The molecule has 10 heteroatoms. The predicted octanol–water partition coefficient (Wildman–Crippen LogP) is 5.70. The molecule has 1 aliphatic carbocycles. The first-order valence-corrected chi connectivity index (χ1v) is 17.3. The maximum absolute atomic E-state index is 14.0. The standard InChI is InChI=1S/C33H40BrN3O5S/c1-42-30-20-18-29(19-21-30)37(43(2,40)41)22-8-13-32(38)36(24-26-14-16-27(34)17-15-26)31(23-25-9-4-3-5-10-25)33(39)35-28-11-6-7-12-28/h3-5,9-10,14-21,28,31H,6-8,11-13,22-24H2,1-2H3,(H,35,39)/t31-/m0/s1. The van der Waals surface area contributed by atoms with Crippen LogP contribution in [0.15, 0.2) is 83.3 Å². The SMILES string of the molecule is COc1ccc(N(CCCC(=O)N(Cc2ccc(Br)cc2)[C@@H](Cc2ccccc2)C(=O)NC2CCCC2)S(C)(=O)=O)cc1. The summed E-state index contributed by atoms with van der Waals surface area (Å²) in [5, 5.41) is 3.22. The van der Waals surface area contributed by atoms with Crippen LogP contribution in [0.1, 0.15) is 49.7 Å². The lowest BCUT2D eigenvalue weighted by Gasteiger charge is -2.33. The van der Waals surface area contributed by atoms with E-state index < -0.39 is 16.1 Å². The van der Waals surface area contributed by atoms with E-state index in [4.69, 9.17) is 4.74 Å². The quantitative estimate of drug-likeness (QED) is 0.238. The van der Waals surface area contributed by atoms with Crippen molar-refractivity contribution in [3.05, 3.63) is 94.5 Å². The number of carbonyl (C=O) groups is 2. The zero-order valence-corrected chi connectivity index (χ0v) is 27.1. The molecule has 1 saturated carbocycles. The minimum absolute atomic E-state index is 0.0840. The van der Waals surface area contributed by atoms with Crippen LogP contribution in [0.3, 0.4) is 0 Å². The monoisotopic (exact) mass is 669 g/mol. The van der Waals surface area contributed by atoms with Crippen LogP contribution in [0, 0.1) is 0 Å². The molecular weight excluding hydrogens is 630 g/mol. The molecule has 2 amide bonds. The van der Waals surface area contributed by atoms with E-state index in [1.807, 2.05) is 54.6 Å². The van der Waals surface area contributed by atoms with Gasteiger partial charge in [-0.3, -0.25) is 13.9 Å². The average molecular weight is 671 g/mol. The highest BCUT2D eigenvalue weighted by Crippen LogP contribution is 2.24. The van der Waals surface area contributed by atoms with Gasteiger partial charge in [0.15, 0.2) is 0 Å². The van der Waals surface area contributed by atoms with Crippen LogP contribution >= 0.6 is 15.9 Å². The summed E-state index contributed by atoms with van der Waals surface area (Å²) >= 11 is 3.47. The number of benzene rings is 3. The highest BCUT2D eigenvalue weighted by molar-refractivity contribution is 9.10. The van der Waals surface area contributed by atoms with Crippen molar-refractivity contribution in [3.63, 3.8) is 0 Å². The molecule has 4 rings (SSSR count). The Kier molecular flexibility index (Phi) is 11.6. The molecule has 1 N–H and O–H groups in total. The van der Waals surface area contributed by atoms with Gasteiger partial charge in [0, 0.05) is 36.4 Å². The Balaban J connectivity index is 1.57. The molecule has 0 aromatic heterocycles. The Morgan fingerprint density at radius 2 is 1.60 bits per heavy atom. The van der Waals surface area contributed by atoms with Gasteiger partial charge >= 0.3 is 0 Å². The maximum atomic E-state index is 14.0. The van der Waals surface area contributed by atoms with Gasteiger partial charge in [0.05, 0.1) is 19.1 Å². The van der Waals surface area contributed by atoms with E-state index in [2.05, 4.69) is 21.2 Å². The largest absolute Gasteiger partial charge is 0.497 e. The highest BCUT2D eigenvalue weighted by Gasteiger charge is 2.32. The van der Waals surface area contributed by atoms with E-state index in [9.17, 15) is 18.0 Å². The summed E-state index contributed by atoms with van der Waals surface area (Å²) in [6, 6.07) is 23.6. The lowest BCUT2D eigenvalue weighted by Crippen LogP contribution is -2.52. The highest BCUT2D eigenvalue weighted by atomic mass is 79.9. The molecule has 0 radical (unpaired) electrons. The summed E-state index contributed by atoms with van der Waals surface area (Å²) in [6.07, 6.45) is 5.96. The number of methoxy groups -OCH3 is 1. The number of anilines is 1. The summed E-state index contributed by atoms with van der Waals surface area (Å²) in [5.41, 5.74) is 2.37. The van der Waals surface area contributed by atoms with Crippen molar-refractivity contribution >= 4 is 43.5 Å². The fraction of sp³-hybridized carbons (Fsp3) is 0.394. The van der Waals surface area contributed by atoms with E-state index in [-0.39, 0.29) is 43.8 Å². The lowest BCUT2D eigenvalue weighted by molar-refractivity contribution is -0.141. The van der Waals surface area contributed by atoms with Gasteiger partial charge < -0.3 is 15.0 Å². The van der Waals surface area contributed by atoms with Crippen LogP contribution in [-0.2, 0) is 32.6 Å². The molecule has 0 heterocycles. The van der Waals surface area contributed by atoms with Gasteiger partial charge in [0.25, 0.3) is 0 Å². The Bertz CT molecular complexity index is 1440. The molecule has 1 aliphatic rings. The van der Waals surface area contributed by atoms with E-state index in [0.29, 0.717) is 17.9 Å². The van der Waals surface area contributed by atoms with Crippen LogP contribution < -0.4 is 14.4 Å². The summed E-state index contributed by atoms with van der Waals surface area (Å²) < 4.78 is 32.8. The fourth-order valence-corrected chi connectivity index (χ4v) is 6.69. The first kappa shape index (κ1) is 32.5. The normalized spacial score (nSPS) is 14.2. The molecule has 0 unspecified atom stereocenters. The topological polar surface area (TPSA) is 96.0 Å². The summed E-state index contributed by atoms with van der Waals surface area (Å²) in [6.45, 7) is 0.386. The molecule has 8 nitrogen and oxygen atoms in total. The van der Waals surface area contributed by atoms with Crippen molar-refractivity contribution in [2.24, 2.45) is 0 Å². The van der Waals surface area contributed by atoms with Crippen molar-refractivity contribution in [3.8, 4) is 5.75 Å². The van der Waals surface area contributed by atoms with Crippen molar-refractivity contribution in [1.29, 1.82) is 0 Å². The molecular formula is C33H40BrN3O5S. The number of ether oxygens (including phenoxy) is 1. The third-order valence-electron chi connectivity index (χ3n) is 7.75. The van der Waals surface area contributed by atoms with Gasteiger partial charge in [-0.15, -0.1) is 0 Å². The molecule has 0 saturated heterocycles. The molecule has 230 valence electrons. The maximum Gasteiger partial charge on any atom is 0.243 e. The number of hydrogen-bond donors (Lipinski definition) is 1. The van der Waals surface area contributed by atoms with E-state index in [1.165, 1.54) is 4.31 Å². The van der Waals surface area contributed by atoms with Crippen molar-refractivity contribution in [2.45, 2.75) is 63.6 Å². The molecule has 0 aliphatic heterocycles. The molecule has 1 atom stereocenters. The molecule has 0 bridgehead atoms. The first-order chi connectivity index (χ1) is 20.6. The van der Waals surface area contributed by atoms with Gasteiger partial charge in [0.2, 0.25) is 21.8 Å². The van der Waals surface area contributed by atoms with Gasteiger partial charge in [-0.2, -0.15) is 0 Å². The van der Waals surface area contributed by atoms with E-state index >= 15 is 0 Å². The molecule has 3 aromatic rings. The van der Waals surface area contributed by atoms with Crippen LogP contribution in [0.4, 0.5) is 5.69 Å². The number of nitrogens with one attached hydrogen (secondary N) is 1. The Morgan fingerprint density at radius 1 is 0.953 bits per heavy atom. The second-order valence-corrected chi connectivity index (χ2v) is 13.8. The summed E-state index contributed by atoms with van der Waals surface area (Å²) in [5.74, 6) is 0.266. The Morgan fingerprint density at radius 3 is 2.21 bits per heavy atom. The third-order valence-corrected chi connectivity index (χ3v) is 9.47. The fourth-order valence-electron chi connectivity index (χ4n) is 5.46. The molecule has 0 spiro atoms. The van der Waals surface area contributed by atoms with Crippen LogP contribution in [0.25, 0.3) is 0 Å². The predicted molar refractivity (Wildman–Crippen MR) is 173 cm³/mol. The van der Waals surface area contributed by atoms with Gasteiger partial charge in [0.1, 0.15) is 11.8 Å². The van der Waals surface area contributed by atoms with Crippen LogP contribution in [0.2, 0.25) is 0 Å². The second kappa shape index (κ2) is 15.4. The van der Waals surface area contributed by atoms with E-state index in [1.54, 1.807) is 36.3 Å². The van der Waals surface area contributed by atoms with Crippen LogP contribution in [-0.4, -0.2) is 57.1 Å². The van der Waals surface area contributed by atoms with Crippen LogP contribution in [0.5, 0.6) is 5.75 Å². The minimum Gasteiger partial charge on any atom is -0.497 e. The third kappa shape index (κ3) is 9.56. The number of hydrogen-bond acceptors (Lipinski definition) is 5. The average Bonchev–Trinajstić information content (AvgIpc) is 3.51. The number of nitrogens with zero attached hydrogens (tertiary/aromatic N) is 2. The lowest BCUT2D eigenvalue weighted by atomic mass is 10.0. The molecule has 3 aromatic carbocycles. The number of rotatable bonds is 14. The van der Waals surface area contributed by atoms with Crippen molar-refractivity contribution in [2.75, 3.05) is 24.2 Å². The molecule has 43 heavy (non-hydrogen) atoms. The van der Waals surface area contributed by atoms with E-state index in [0.717, 1.165) is 47.5 Å². The zero-order valence-electron chi connectivity index (χ0n) is 24.7. The molecule has 1 fully saturated rings.